The Labute approximate surface area is 83.1 Å². The van der Waals surface area contributed by atoms with E-state index in [9.17, 15) is 4.79 Å². The molecule has 0 aromatic heterocycles. The van der Waals surface area contributed by atoms with Gasteiger partial charge in [-0.15, -0.1) is 0 Å². The van der Waals surface area contributed by atoms with E-state index >= 15 is 0 Å². The molecule has 0 spiro atoms. The van der Waals surface area contributed by atoms with Gasteiger partial charge in [0, 0.05) is 7.05 Å². The summed E-state index contributed by atoms with van der Waals surface area (Å²) in [6, 6.07) is 7.93. The molecule has 0 saturated carbocycles. The van der Waals surface area contributed by atoms with Crippen LogP contribution in [0.5, 0.6) is 0 Å². The Balaban J connectivity index is 2.35. The van der Waals surface area contributed by atoms with E-state index in [1.165, 1.54) is 5.56 Å². The number of likely N-dealkylation sites (N-methyl/N-ethyl adjacent to an activating group) is 1. The lowest BCUT2D eigenvalue weighted by atomic mass is 9.97. The van der Waals surface area contributed by atoms with Gasteiger partial charge in [0.2, 0.25) is 0 Å². The number of amides is 1. The molecule has 14 heavy (non-hydrogen) atoms. The monoisotopic (exact) mass is 191 g/mol. The first-order valence-electron chi connectivity index (χ1n) is 4.74. The summed E-state index contributed by atoms with van der Waals surface area (Å²) in [4.78, 5) is 11.5. The summed E-state index contributed by atoms with van der Waals surface area (Å²) in [7, 11) is 1.63. The summed E-state index contributed by atoms with van der Waals surface area (Å²) >= 11 is 0. The van der Waals surface area contributed by atoms with Crippen LogP contribution in [-0.4, -0.2) is 19.6 Å². The van der Waals surface area contributed by atoms with Gasteiger partial charge in [0.25, 0.3) is 5.91 Å². The molecule has 3 heteroatoms. The second-order valence-corrected chi connectivity index (χ2v) is 3.31. The highest BCUT2D eigenvalue weighted by Crippen LogP contribution is 2.26. The molecule has 2 rings (SSSR count). The predicted molar refractivity (Wildman–Crippen MR) is 52.9 cm³/mol. The van der Waals surface area contributed by atoms with Crippen LogP contribution in [0.1, 0.15) is 17.2 Å². The number of hydrogen-bond acceptors (Lipinski definition) is 2. The Hall–Kier alpha value is -1.35. The lowest BCUT2D eigenvalue weighted by Crippen LogP contribution is -2.31. The first kappa shape index (κ1) is 9.21. The van der Waals surface area contributed by atoms with Gasteiger partial charge in [-0.3, -0.25) is 4.79 Å². The second-order valence-electron chi connectivity index (χ2n) is 3.31. The molecule has 0 saturated heterocycles. The Morgan fingerprint density at radius 2 is 2.29 bits per heavy atom. The quantitative estimate of drug-likeness (QED) is 0.720. The maximum Gasteiger partial charge on any atom is 0.253 e. The number of carbonyl (C=O) groups is 1. The van der Waals surface area contributed by atoms with E-state index in [4.69, 9.17) is 4.74 Å². The molecule has 1 aromatic rings. The number of carbonyl (C=O) groups excluding carboxylic acids is 1. The zero-order valence-electron chi connectivity index (χ0n) is 8.12. The summed E-state index contributed by atoms with van der Waals surface area (Å²) in [6.07, 6.45) is 0.467. The number of hydrogen-bond donors (Lipinski definition) is 1. The van der Waals surface area contributed by atoms with Crippen LogP contribution in [0.3, 0.4) is 0 Å². The molecule has 1 amide bonds. The summed E-state index contributed by atoms with van der Waals surface area (Å²) in [5, 5.41) is 2.61. The molecule has 0 unspecified atom stereocenters. The van der Waals surface area contributed by atoms with Gasteiger partial charge in [-0.2, -0.15) is 0 Å². The third-order valence-electron chi connectivity index (χ3n) is 2.48. The van der Waals surface area contributed by atoms with E-state index < -0.39 is 6.10 Å². The normalized spacial score (nSPS) is 19.9. The largest absolute Gasteiger partial charge is 0.363 e. The number of benzene rings is 1. The highest BCUT2D eigenvalue weighted by Gasteiger charge is 2.25. The fourth-order valence-corrected chi connectivity index (χ4v) is 1.74. The molecule has 0 bridgehead atoms. The fraction of sp³-hybridized carbons (Fsp3) is 0.364. The number of rotatable bonds is 1. The smallest absolute Gasteiger partial charge is 0.253 e. The third kappa shape index (κ3) is 1.51. The minimum Gasteiger partial charge on any atom is -0.363 e. The van der Waals surface area contributed by atoms with Crippen molar-refractivity contribution in [1.82, 2.24) is 5.32 Å². The van der Waals surface area contributed by atoms with E-state index in [-0.39, 0.29) is 5.91 Å². The molecule has 0 radical (unpaired) electrons. The van der Waals surface area contributed by atoms with Crippen molar-refractivity contribution in [2.75, 3.05) is 13.7 Å². The van der Waals surface area contributed by atoms with Gasteiger partial charge in [-0.05, 0) is 17.5 Å². The van der Waals surface area contributed by atoms with Crippen LogP contribution < -0.4 is 5.32 Å². The lowest BCUT2D eigenvalue weighted by molar-refractivity contribution is -0.133. The van der Waals surface area contributed by atoms with Crippen molar-refractivity contribution in [3.63, 3.8) is 0 Å². The number of fused-ring (bicyclic) bond motifs is 1. The van der Waals surface area contributed by atoms with Crippen molar-refractivity contribution < 1.29 is 9.53 Å². The van der Waals surface area contributed by atoms with E-state index in [2.05, 4.69) is 5.32 Å². The molecule has 74 valence electrons. The minimum atomic E-state index is -0.426. The Morgan fingerprint density at radius 3 is 3.07 bits per heavy atom. The molecule has 1 aromatic carbocycles. The molecular formula is C11H13NO2. The molecule has 0 aliphatic carbocycles. The summed E-state index contributed by atoms with van der Waals surface area (Å²) in [5.41, 5.74) is 2.21. The highest BCUT2D eigenvalue weighted by atomic mass is 16.5. The van der Waals surface area contributed by atoms with Crippen molar-refractivity contribution in [3.8, 4) is 0 Å². The van der Waals surface area contributed by atoms with Gasteiger partial charge in [-0.25, -0.2) is 0 Å². The van der Waals surface area contributed by atoms with E-state index in [0.29, 0.717) is 6.61 Å². The van der Waals surface area contributed by atoms with Crippen molar-refractivity contribution in [1.29, 1.82) is 0 Å². The first-order chi connectivity index (χ1) is 6.83. The highest BCUT2D eigenvalue weighted by molar-refractivity contribution is 5.82. The van der Waals surface area contributed by atoms with Crippen LogP contribution in [0.2, 0.25) is 0 Å². The average Bonchev–Trinajstić information content (AvgIpc) is 2.27. The maximum atomic E-state index is 11.5. The third-order valence-corrected chi connectivity index (χ3v) is 2.48. The van der Waals surface area contributed by atoms with E-state index in [1.54, 1.807) is 7.05 Å². The Morgan fingerprint density at radius 1 is 1.50 bits per heavy atom. The van der Waals surface area contributed by atoms with Gasteiger partial charge in [0.05, 0.1) is 6.61 Å². The van der Waals surface area contributed by atoms with Crippen LogP contribution in [0.25, 0.3) is 0 Å². The zero-order valence-corrected chi connectivity index (χ0v) is 8.12. The molecule has 1 heterocycles. The van der Waals surface area contributed by atoms with Crippen LogP contribution in [-0.2, 0) is 16.0 Å². The van der Waals surface area contributed by atoms with Gasteiger partial charge >= 0.3 is 0 Å². The van der Waals surface area contributed by atoms with Gasteiger partial charge < -0.3 is 10.1 Å². The molecule has 1 aliphatic heterocycles. The van der Waals surface area contributed by atoms with Crippen molar-refractivity contribution >= 4 is 5.91 Å². The Kier molecular flexibility index (Phi) is 2.50. The Bertz CT molecular complexity index is 349. The first-order valence-corrected chi connectivity index (χ1v) is 4.74. The topological polar surface area (TPSA) is 38.3 Å². The number of nitrogens with one attached hydrogen (secondary N) is 1. The molecular weight excluding hydrogens is 178 g/mol. The minimum absolute atomic E-state index is 0.0721. The van der Waals surface area contributed by atoms with Crippen molar-refractivity contribution in [2.45, 2.75) is 12.5 Å². The van der Waals surface area contributed by atoms with Crippen molar-refractivity contribution in [3.05, 3.63) is 35.4 Å². The maximum absolute atomic E-state index is 11.5. The predicted octanol–water partition coefficient (Wildman–Crippen LogP) is 1.05. The van der Waals surface area contributed by atoms with Crippen molar-refractivity contribution in [2.24, 2.45) is 0 Å². The second kappa shape index (κ2) is 3.80. The van der Waals surface area contributed by atoms with Crippen LogP contribution in [0.4, 0.5) is 0 Å². The SMILES string of the molecule is CNC(=O)[C@H]1OCCc2ccccc21. The van der Waals surface area contributed by atoms with Gasteiger partial charge in [-0.1, -0.05) is 24.3 Å². The van der Waals surface area contributed by atoms with E-state index in [1.807, 2.05) is 24.3 Å². The van der Waals surface area contributed by atoms with Crippen LogP contribution in [0.15, 0.2) is 24.3 Å². The summed E-state index contributed by atoms with van der Waals surface area (Å²) < 4.78 is 5.45. The molecule has 1 N–H and O–H groups in total. The molecule has 1 atom stereocenters. The number of ether oxygens (including phenoxy) is 1. The molecule has 3 nitrogen and oxygen atoms in total. The summed E-state index contributed by atoms with van der Waals surface area (Å²) in [5.74, 6) is -0.0721. The van der Waals surface area contributed by atoms with Gasteiger partial charge in [0.1, 0.15) is 0 Å². The molecule has 0 fully saturated rings. The van der Waals surface area contributed by atoms with Crippen LogP contribution in [0, 0.1) is 0 Å². The molecule has 1 aliphatic rings. The fourth-order valence-electron chi connectivity index (χ4n) is 1.74. The average molecular weight is 191 g/mol. The van der Waals surface area contributed by atoms with Crippen LogP contribution >= 0.6 is 0 Å². The van der Waals surface area contributed by atoms with E-state index in [0.717, 1.165) is 12.0 Å². The lowest BCUT2D eigenvalue weighted by Gasteiger charge is -2.24. The zero-order chi connectivity index (χ0) is 9.97. The summed E-state index contributed by atoms with van der Waals surface area (Å²) in [6.45, 7) is 0.620. The van der Waals surface area contributed by atoms with Gasteiger partial charge in [0.15, 0.2) is 6.10 Å². The standard InChI is InChI=1S/C11H13NO2/c1-12-11(13)10-9-5-3-2-4-8(9)6-7-14-10/h2-5,10H,6-7H2,1H3,(H,12,13)/t10-/m0/s1.